The van der Waals surface area contributed by atoms with Crippen molar-refractivity contribution in [1.82, 2.24) is 14.0 Å². The number of anilines is 1. The first-order valence-corrected chi connectivity index (χ1v) is 12.6. The number of pyridine rings is 1. The van der Waals surface area contributed by atoms with Gasteiger partial charge in [0.05, 0.1) is 15.6 Å². The molecular formula is C21H24Cl2N4O5S. The summed E-state index contributed by atoms with van der Waals surface area (Å²) in [5, 5.41) is 12.4. The van der Waals surface area contributed by atoms with E-state index in [1.54, 1.807) is 24.3 Å². The lowest BCUT2D eigenvalue weighted by molar-refractivity contribution is -0.138. The third kappa shape index (κ3) is 6.87. The summed E-state index contributed by atoms with van der Waals surface area (Å²) in [4.78, 5) is 28.0. The Hall–Kier alpha value is -2.24. The van der Waals surface area contributed by atoms with E-state index in [2.05, 4.69) is 15.0 Å². The SMILES string of the molecule is O=C(Nc1ccc(CC(NS(=O)(=O)N2CCCCCC2)C(=O)O)cc1)c1c(Cl)cncc1Cl. The fourth-order valence-corrected chi connectivity index (χ4v) is 5.47. The van der Waals surface area contributed by atoms with Gasteiger partial charge in [-0.1, -0.05) is 48.2 Å². The summed E-state index contributed by atoms with van der Waals surface area (Å²) in [6.07, 6.45) is 5.98. The summed E-state index contributed by atoms with van der Waals surface area (Å²) in [5.41, 5.74) is 1.11. The molecule has 0 spiro atoms. The average Bonchev–Trinajstić information content (AvgIpc) is 3.04. The predicted octanol–water partition coefficient (Wildman–Crippen LogP) is 3.35. The van der Waals surface area contributed by atoms with Crippen molar-refractivity contribution in [2.75, 3.05) is 18.4 Å². The molecule has 1 amide bonds. The molecule has 2 heterocycles. The van der Waals surface area contributed by atoms with Crippen molar-refractivity contribution in [2.45, 2.75) is 38.1 Å². The maximum Gasteiger partial charge on any atom is 0.322 e. The van der Waals surface area contributed by atoms with Crippen LogP contribution < -0.4 is 10.0 Å². The molecule has 3 N–H and O–H groups in total. The number of benzene rings is 1. The highest BCUT2D eigenvalue weighted by molar-refractivity contribution is 7.87. The molecule has 3 rings (SSSR count). The minimum absolute atomic E-state index is 0.0569. The van der Waals surface area contributed by atoms with Crippen molar-refractivity contribution in [3.05, 3.63) is 57.8 Å². The third-order valence-corrected chi connectivity index (χ3v) is 7.43. The molecular weight excluding hydrogens is 491 g/mol. The largest absolute Gasteiger partial charge is 0.480 e. The number of hydrogen-bond donors (Lipinski definition) is 3. The van der Waals surface area contributed by atoms with E-state index in [4.69, 9.17) is 23.2 Å². The molecule has 1 atom stereocenters. The quantitative estimate of drug-likeness (QED) is 0.495. The van der Waals surface area contributed by atoms with Crippen LogP contribution in [0.15, 0.2) is 36.7 Å². The van der Waals surface area contributed by atoms with Crippen LogP contribution in [0.5, 0.6) is 0 Å². The van der Waals surface area contributed by atoms with Crippen LogP contribution in [0.3, 0.4) is 0 Å². The molecule has 9 nitrogen and oxygen atoms in total. The first-order valence-electron chi connectivity index (χ1n) is 10.4. The molecule has 1 unspecified atom stereocenters. The number of hydrogen-bond acceptors (Lipinski definition) is 5. The summed E-state index contributed by atoms with van der Waals surface area (Å²) >= 11 is 12.0. The Labute approximate surface area is 202 Å². The molecule has 1 saturated heterocycles. The Morgan fingerprint density at radius 3 is 2.15 bits per heavy atom. The van der Waals surface area contributed by atoms with Crippen molar-refractivity contribution in [3.8, 4) is 0 Å². The number of carbonyl (C=O) groups excluding carboxylic acids is 1. The summed E-state index contributed by atoms with van der Waals surface area (Å²) < 4.78 is 29.0. The number of aliphatic carboxylic acids is 1. The average molecular weight is 515 g/mol. The van der Waals surface area contributed by atoms with E-state index in [0.29, 0.717) is 24.3 Å². The summed E-state index contributed by atoms with van der Waals surface area (Å²) in [5.74, 6) is -1.79. The normalized spacial score (nSPS) is 16.1. The van der Waals surface area contributed by atoms with Gasteiger partial charge in [0.25, 0.3) is 16.1 Å². The van der Waals surface area contributed by atoms with Gasteiger partial charge in [0.2, 0.25) is 0 Å². The van der Waals surface area contributed by atoms with E-state index >= 15 is 0 Å². The van der Waals surface area contributed by atoms with E-state index in [9.17, 15) is 23.1 Å². The number of halogens is 2. The number of amides is 1. The Balaban J connectivity index is 1.66. The zero-order valence-electron chi connectivity index (χ0n) is 17.6. The number of rotatable bonds is 8. The van der Waals surface area contributed by atoms with Gasteiger partial charge in [-0.15, -0.1) is 0 Å². The van der Waals surface area contributed by atoms with Crippen LogP contribution in [0, 0.1) is 0 Å². The molecule has 1 fully saturated rings. The molecule has 2 aromatic rings. The molecule has 33 heavy (non-hydrogen) atoms. The number of nitrogens with zero attached hydrogens (tertiary/aromatic N) is 2. The number of aromatic nitrogens is 1. The Bertz CT molecular complexity index is 1080. The molecule has 178 valence electrons. The lowest BCUT2D eigenvalue weighted by atomic mass is 10.1. The van der Waals surface area contributed by atoms with Gasteiger partial charge in [0.1, 0.15) is 6.04 Å². The second kappa shape index (κ2) is 11.3. The van der Waals surface area contributed by atoms with Crippen molar-refractivity contribution < 1.29 is 23.1 Å². The molecule has 0 aliphatic carbocycles. The van der Waals surface area contributed by atoms with Crippen LogP contribution in [0.1, 0.15) is 41.6 Å². The van der Waals surface area contributed by atoms with Gasteiger partial charge >= 0.3 is 5.97 Å². The minimum atomic E-state index is -3.92. The Morgan fingerprint density at radius 2 is 1.61 bits per heavy atom. The lowest BCUT2D eigenvalue weighted by Crippen LogP contribution is -2.49. The van der Waals surface area contributed by atoms with Crippen molar-refractivity contribution in [2.24, 2.45) is 0 Å². The molecule has 1 aromatic heterocycles. The smallest absolute Gasteiger partial charge is 0.322 e. The van der Waals surface area contributed by atoms with Crippen LogP contribution in [-0.4, -0.2) is 53.8 Å². The molecule has 1 aromatic carbocycles. The summed E-state index contributed by atoms with van der Waals surface area (Å²) in [7, 11) is -3.92. The Morgan fingerprint density at radius 1 is 1.03 bits per heavy atom. The highest BCUT2D eigenvalue weighted by atomic mass is 35.5. The van der Waals surface area contributed by atoms with Gasteiger partial charge in [-0.05, 0) is 37.0 Å². The standard InChI is InChI=1S/C21H24Cl2N4O5S/c22-16-12-24-13-17(23)19(16)20(28)25-15-7-5-14(6-8-15)11-18(21(29)30)26-33(31,32)27-9-3-1-2-4-10-27/h5-8,12-13,18,26H,1-4,9-11H2,(H,25,28)(H,29,30). The zero-order chi connectivity index (χ0) is 24.0. The first kappa shape index (κ1) is 25.4. The maximum atomic E-state index is 12.7. The number of carboxylic acids is 1. The van der Waals surface area contributed by atoms with Crippen LogP contribution in [-0.2, 0) is 21.4 Å². The van der Waals surface area contributed by atoms with Crippen LogP contribution >= 0.6 is 23.2 Å². The fraction of sp³-hybridized carbons (Fsp3) is 0.381. The van der Waals surface area contributed by atoms with Gasteiger partial charge in [-0.3, -0.25) is 14.6 Å². The molecule has 1 aliphatic heterocycles. The van der Waals surface area contributed by atoms with E-state index in [1.807, 2.05) is 0 Å². The van der Waals surface area contributed by atoms with E-state index < -0.39 is 28.1 Å². The number of carbonyl (C=O) groups is 2. The molecule has 0 saturated carbocycles. The topological polar surface area (TPSA) is 129 Å². The number of nitrogens with one attached hydrogen (secondary N) is 2. The number of carboxylic acid groups (broad SMARTS) is 1. The molecule has 1 aliphatic rings. The molecule has 12 heteroatoms. The predicted molar refractivity (Wildman–Crippen MR) is 126 cm³/mol. The first-order chi connectivity index (χ1) is 15.7. The van der Waals surface area contributed by atoms with Gasteiger partial charge in [0.15, 0.2) is 0 Å². The second-order valence-corrected chi connectivity index (χ2v) is 10.2. The molecule has 0 bridgehead atoms. The zero-order valence-corrected chi connectivity index (χ0v) is 20.0. The van der Waals surface area contributed by atoms with Crippen molar-refractivity contribution in [1.29, 1.82) is 0 Å². The highest BCUT2D eigenvalue weighted by Crippen LogP contribution is 2.24. The van der Waals surface area contributed by atoms with Crippen LogP contribution in [0.2, 0.25) is 10.0 Å². The van der Waals surface area contributed by atoms with E-state index in [0.717, 1.165) is 25.7 Å². The second-order valence-electron chi connectivity index (χ2n) is 7.66. The highest BCUT2D eigenvalue weighted by Gasteiger charge is 2.29. The van der Waals surface area contributed by atoms with Crippen LogP contribution in [0.4, 0.5) is 5.69 Å². The van der Waals surface area contributed by atoms with Gasteiger partial charge in [0, 0.05) is 31.2 Å². The third-order valence-electron chi connectivity index (χ3n) is 5.23. The van der Waals surface area contributed by atoms with E-state index in [-0.39, 0.29) is 22.0 Å². The fourth-order valence-electron chi connectivity index (χ4n) is 3.50. The minimum Gasteiger partial charge on any atom is -0.480 e. The van der Waals surface area contributed by atoms with Crippen molar-refractivity contribution in [3.63, 3.8) is 0 Å². The van der Waals surface area contributed by atoms with E-state index in [1.165, 1.54) is 16.7 Å². The van der Waals surface area contributed by atoms with Crippen LogP contribution in [0.25, 0.3) is 0 Å². The Kier molecular flexibility index (Phi) is 8.66. The summed E-state index contributed by atoms with van der Waals surface area (Å²) in [6, 6.07) is 5.06. The maximum absolute atomic E-state index is 12.7. The summed E-state index contributed by atoms with van der Waals surface area (Å²) in [6.45, 7) is 0.753. The van der Waals surface area contributed by atoms with Gasteiger partial charge in [-0.25, -0.2) is 0 Å². The monoisotopic (exact) mass is 514 g/mol. The lowest BCUT2D eigenvalue weighted by Gasteiger charge is -2.23. The van der Waals surface area contributed by atoms with Gasteiger partial charge < -0.3 is 10.4 Å². The molecule has 0 radical (unpaired) electrons. The van der Waals surface area contributed by atoms with Crippen molar-refractivity contribution >= 4 is 51.0 Å². The van der Waals surface area contributed by atoms with Gasteiger partial charge in [-0.2, -0.15) is 17.4 Å².